The summed E-state index contributed by atoms with van der Waals surface area (Å²) in [7, 11) is 0. The molecule has 2 unspecified atom stereocenters. The second kappa shape index (κ2) is 2.81. The van der Waals surface area contributed by atoms with E-state index in [2.05, 4.69) is 4.99 Å². The lowest BCUT2D eigenvalue weighted by molar-refractivity contribution is -0.101. The summed E-state index contributed by atoms with van der Waals surface area (Å²) in [6.45, 7) is 1.22. The fourth-order valence-electron chi connectivity index (χ4n) is 1.10. The third kappa shape index (κ3) is 1.73. The first-order valence-corrected chi connectivity index (χ1v) is 3.62. The van der Waals surface area contributed by atoms with E-state index in [-0.39, 0.29) is 0 Å². The minimum atomic E-state index is -4.45. The zero-order valence-electron chi connectivity index (χ0n) is 6.97. The fourth-order valence-corrected chi connectivity index (χ4v) is 1.10. The summed E-state index contributed by atoms with van der Waals surface area (Å²) in [5.41, 5.74) is 8.27. The summed E-state index contributed by atoms with van der Waals surface area (Å²) in [5.74, 6) is 0. The molecule has 0 aromatic rings. The molecule has 1 rings (SSSR count). The van der Waals surface area contributed by atoms with Crippen LogP contribution in [0.3, 0.4) is 0 Å². The Labute approximate surface area is 73.3 Å². The van der Waals surface area contributed by atoms with Gasteiger partial charge in [-0.2, -0.15) is 13.2 Å². The van der Waals surface area contributed by atoms with Crippen molar-refractivity contribution in [2.75, 3.05) is 0 Å². The van der Waals surface area contributed by atoms with Crippen molar-refractivity contribution in [3.63, 3.8) is 0 Å². The Morgan fingerprint density at radius 2 is 2.08 bits per heavy atom. The first-order valence-electron chi connectivity index (χ1n) is 3.62. The molecular weight excluding hydrogens is 183 g/mol. The number of allylic oxidation sites excluding steroid dienone is 1. The molecular formula is C7H10F3N3. The predicted octanol–water partition coefficient (Wildman–Crippen LogP) is 0.562. The third-order valence-corrected chi connectivity index (χ3v) is 1.99. The fraction of sp³-hybridized carbons (Fsp3) is 0.571. The second-order valence-corrected chi connectivity index (χ2v) is 3.10. The topological polar surface area (TPSA) is 64.4 Å². The van der Waals surface area contributed by atoms with Crippen molar-refractivity contribution < 1.29 is 13.2 Å². The van der Waals surface area contributed by atoms with Crippen molar-refractivity contribution in [2.45, 2.75) is 24.8 Å². The lowest BCUT2D eigenvalue weighted by Crippen LogP contribution is -2.57. The molecule has 13 heavy (non-hydrogen) atoms. The van der Waals surface area contributed by atoms with Gasteiger partial charge in [-0.25, -0.2) is 0 Å². The van der Waals surface area contributed by atoms with Gasteiger partial charge in [0.25, 0.3) is 0 Å². The van der Waals surface area contributed by atoms with Crippen molar-refractivity contribution in [2.24, 2.45) is 16.5 Å². The van der Waals surface area contributed by atoms with Gasteiger partial charge >= 0.3 is 6.18 Å². The Balaban J connectivity index is 3.09. The molecule has 0 spiro atoms. The number of hydrogen-bond donors (Lipinski definition) is 2. The Bertz CT molecular complexity index is 265. The summed E-state index contributed by atoms with van der Waals surface area (Å²) in [5, 5.41) is 0. The summed E-state index contributed by atoms with van der Waals surface area (Å²) in [6.07, 6.45) is -3.62. The van der Waals surface area contributed by atoms with Gasteiger partial charge in [0, 0.05) is 6.21 Å². The highest BCUT2D eigenvalue weighted by molar-refractivity contribution is 5.75. The first kappa shape index (κ1) is 10.2. The van der Waals surface area contributed by atoms with Crippen LogP contribution in [0.1, 0.15) is 6.92 Å². The Kier molecular flexibility index (Phi) is 2.21. The Morgan fingerprint density at radius 1 is 1.54 bits per heavy atom. The average Bonchev–Trinajstić information content (AvgIpc) is 1.92. The minimum absolute atomic E-state index is 0.845. The summed E-state index contributed by atoms with van der Waals surface area (Å²) in [4.78, 5) is 3.60. The molecule has 0 saturated carbocycles. The van der Waals surface area contributed by atoms with Crippen molar-refractivity contribution in [3.8, 4) is 0 Å². The van der Waals surface area contributed by atoms with Crippen LogP contribution < -0.4 is 11.5 Å². The van der Waals surface area contributed by atoms with E-state index in [1.165, 1.54) is 6.92 Å². The zero-order valence-corrected chi connectivity index (χ0v) is 6.97. The quantitative estimate of drug-likeness (QED) is 0.590. The molecule has 1 aliphatic heterocycles. The number of nitrogens with two attached hydrogens (primary N) is 2. The number of halogens is 3. The monoisotopic (exact) mass is 193 g/mol. The van der Waals surface area contributed by atoms with Crippen LogP contribution in [-0.2, 0) is 0 Å². The number of hydrogen-bond acceptors (Lipinski definition) is 3. The van der Waals surface area contributed by atoms with Crippen LogP contribution in [0.4, 0.5) is 13.2 Å². The molecule has 4 N–H and O–H groups in total. The number of dihydropyridines is 1. The Morgan fingerprint density at radius 3 is 2.46 bits per heavy atom. The molecule has 0 bridgehead atoms. The molecule has 1 heterocycles. The summed E-state index contributed by atoms with van der Waals surface area (Å²) in [6, 6.07) is 0. The highest BCUT2D eigenvalue weighted by atomic mass is 19.4. The largest absolute Gasteiger partial charge is 0.414 e. The number of alkyl halides is 3. The van der Waals surface area contributed by atoms with Crippen LogP contribution >= 0.6 is 0 Å². The van der Waals surface area contributed by atoms with Gasteiger partial charge in [-0.15, -0.1) is 0 Å². The van der Waals surface area contributed by atoms with Crippen LogP contribution in [0.15, 0.2) is 16.6 Å². The number of rotatable bonds is 0. The van der Waals surface area contributed by atoms with Crippen molar-refractivity contribution in [1.82, 2.24) is 0 Å². The standard InChI is InChI=1S/C7H10F3N3/c1-6(12)4(7(8,9)10)2-3-13-5(6)11/h2-3,5H,11-12H2,1H3. The van der Waals surface area contributed by atoms with E-state index in [1.807, 2.05) is 0 Å². The first-order chi connectivity index (χ1) is 5.76. The normalized spacial score (nSPS) is 34.6. The van der Waals surface area contributed by atoms with E-state index in [1.54, 1.807) is 0 Å². The van der Waals surface area contributed by atoms with Crippen LogP contribution in [0, 0.1) is 0 Å². The molecule has 0 amide bonds. The van der Waals surface area contributed by atoms with Gasteiger partial charge in [0.05, 0.1) is 11.1 Å². The van der Waals surface area contributed by atoms with Gasteiger partial charge in [0.1, 0.15) is 6.17 Å². The van der Waals surface area contributed by atoms with E-state index in [4.69, 9.17) is 11.5 Å². The van der Waals surface area contributed by atoms with Crippen LogP contribution in [-0.4, -0.2) is 24.1 Å². The molecule has 0 fully saturated rings. The molecule has 3 nitrogen and oxygen atoms in total. The SMILES string of the molecule is CC1(N)C(C(F)(F)F)=CC=NC1N. The molecule has 6 heteroatoms. The molecule has 1 aliphatic rings. The molecule has 0 aliphatic carbocycles. The summed E-state index contributed by atoms with van der Waals surface area (Å²) >= 11 is 0. The van der Waals surface area contributed by atoms with Crippen LogP contribution in [0.5, 0.6) is 0 Å². The molecule has 0 radical (unpaired) electrons. The van der Waals surface area contributed by atoms with E-state index >= 15 is 0 Å². The van der Waals surface area contributed by atoms with E-state index in [9.17, 15) is 13.2 Å². The van der Waals surface area contributed by atoms with E-state index < -0.39 is 23.5 Å². The predicted molar refractivity (Wildman–Crippen MR) is 43.2 cm³/mol. The highest BCUT2D eigenvalue weighted by Gasteiger charge is 2.47. The molecule has 0 aromatic carbocycles. The van der Waals surface area contributed by atoms with E-state index in [0.29, 0.717) is 0 Å². The van der Waals surface area contributed by atoms with E-state index in [0.717, 1.165) is 12.3 Å². The number of aliphatic imine (C=N–C) groups is 1. The van der Waals surface area contributed by atoms with Crippen molar-refractivity contribution in [3.05, 3.63) is 11.6 Å². The maximum absolute atomic E-state index is 12.3. The minimum Gasteiger partial charge on any atom is -0.319 e. The van der Waals surface area contributed by atoms with Gasteiger partial charge in [-0.05, 0) is 13.0 Å². The Hall–Kier alpha value is -0.880. The average molecular weight is 193 g/mol. The van der Waals surface area contributed by atoms with Gasteiger partial charge in [0.15, 0.2) is 0 Å². The smallest absolute Gasteiger partial charge is 0.319 e. The maximum Gasteiger partial charge on any atom is 0.414 e. The van der Waals surface area contributed by atoms with Crippen molar-refractivity contribution in [1.29, 1.82) is 0 Å². The lowest BCUT2D eigenvalue weighted by Gasteiger charge is -2.34. The van der Waals surface area contributed by atoms with Gasteiger partial charge < -0.3 is 11.5 Å². The molecule has 2 atom stereocenters. The highest BCUT2D eigenvalue weighted by Crippen LogP contribution is 2.35. The molecule has 74 valence electrons. The van der Waals surface area contributed by atoms with Crippen molar-refractivity contribution >= 4 is 6.21 Å². The third-order valence-electron chi connectivity index (χ3n) is 1.99. The zero-order chi connectivity index (χ0) is 10.3. The summed E-state index contributed by atoms with van der Waals surface area (Å²) < 4.78 is 37.0. The second-order valence-electron chi connectivity index (χ2n) is 3.10. The van der Waals surface area contributed by atoms with Gasteiger partial charge in [-0.3, -0.25) is 4.99 Å². The maximum atomic E-state index is 12.3. The van der Waals surface area contributed by atoms with Gasteiger partial charge in [0.2, 0.25) is 0 Å². The molecule has 0 aromatic heterocycles. The van der Waals surface area contributed by atoms with Crippen LogP contribution in [0.2, 0.25) is 0 Å². The van der Waals surface area contributed by atoms with Gasteiger partial charge in [-0.1, -0.05) is 0 Å². The van der Waals surface area contributed by atoms with Crippen LogP contribution in [0.25, 0.3) is 0 Å². The number of nitrogens with zero attached hydrogens (tertiary/aromatic N) is 1. The molecule has 0 saturated heterocycles. The lowest BCUT2D eigenvalue weighted by atomic mass is 9.87.